The largest absolute Gasteiger partial charge is 0.464 e. The van der Waals surface area contributed by atoms with Crippen LogP contribution in [0.2, 0.25) is 0 Å². The van der Waals surface area contributed by atoms with Gasteiger partial charge >= 0.3 is 17.9 Å². The molecular formula is C25H37NO8. The van der Waals surface area contributed by atoms with E-state index in [0.717, 1.165) is 0 Å². The highest BCUT2D eigenvalue weighted by molar-refractivity contribution is 6.10. The van der Waals surface area contributed by atoms with Crippen molar-refractivity contribution in [3.63, 3.8) is 0 Å². The highest BCUT2D eigenvalue weighted by Gasteiger charge is 2.50. The molecule has 9 nitrogen and oxygen atoms in total. The van der Waals surface area contributed by atoms with Crippen LogP contribution in [0.4, 0.5) is 0 Å². The van der Waals surface area contributed by atoms with Crippen molar-refractivity contribution in [3.8, 4) is 0 Å². The van der Waals surface area contributed by atoms with E-state index in [1.807, 2.05) is 0 Å². The number of amides is 1. The Morgan fingerprint density at radius 1 is 0.765 bits per heavy atom. The molecule has 0 aliphatic carbocycles. The summed E-state index contributed by atoms with van der Waals surface area (Å²) < 4.78 is 20.9. The van der Waals surface area contributed by atoms with Crippen LogP contribution in [-0.2, 0) is 33.3 Å². The van der Waals surface area contributed by atoms with Gasteiger partial charge in [-0.05, 0) is 66.0 Å². The first-order valence-corrected chi connectivity index (χ1v) is 11.7. The van der Waals surface area contributed by atoms with Gasteiger partial charge in [-0.15, -0.1) is 0 Å². The van der Waals surface area contributed by atoms with Gasteiger partial charge in [0.05, 0.1) is 19.8 Å². The molecule has 0 aromatic heterocycles. The van der Waals surface area contributed by atoms with Crippen LogP contribution in [0.3, 0.4) is 0 Å². The maximum absolute atomic E-state index is 12.9. The molecule has 1 N–H and O–H groups in total. The van der Waals surface area contributed by atoms with E-state index in [2.05, 4.69) is 5.32 Å². The van der Waals surface area contributed by atoms with Crippen molar-refractivity contribution in [3.05, 3.63) is 35.9 Å². The molecule has 0 fully saturated rings. The maximum atomic E-state index is 12.9. The summed E-state index contributed by atoms with van der Waals surface area (Å²) in [7, 11) is 0. The first-order chi connectivity index (χ1) is 16.1. The van der Waals surface area contributed by atoms with Crippen LogP contribution in [0.25, 0.3) is 0 Å². The molecule has 1 amide bonds. The molecule has 0 spiro atoms. The Bertz CT molecular complexity index is 788. The number of esters is 3. The van der Waals surface area contributed by atoms with E-state index in [1.165, 1.54) is 0 Å². The zero-order chi connectivity index (χ0) is 25.6. The minimum atomic E-state index is -1.97. The Morgan fingerprint density at radius 3 is 1.82 bits per heavy atom. The number of hydrogen-bond acceptors (Lipinski definition) is 8. The first-order valence-electron chi connectivity index (χ1n) is 11.7. The fourth-order valence-corrected chi connectivity index (χ4v) is 3.18. The Hall–Kier alpha value is -2.94. The molecule has 0 aliphatic rings. The van der Waals surface area contributed by atoms with Crippen LogP contribution in [-0.4, -0.2) is 61.4 Å². The van der Waals surface area contributed by atoms with Gasteiger partial charge in [0.15, 0.2) is 5.60 Å². The molecule has 0 unspecified atom stereocenters. The van der Waals surface area contributed by atoms with E-state index < -0.39 is 35.0 Å². The van der Waals surface area contributed by atoms with Gasteiger partial charge in [0.2, 0.25) is 5.54 Å². The molecule has 0 aliphatic heterocycles. The van der Waals surface area contributed by atoms with Crippen molar-refractivity contribution in [2.45, 2.75) is 71.4 Å². The monoisotopic (exact) mass is 479 g/mol. The molecule has 0 saturated carbocycles. The van der Waals surface area contributed by atoms with E-state index in [4.69, 9.17) is 18.9 Å². The molecule has 1 rings (SSSR count). The van der Waals surface area contributed by atoms with Crippen molar-refractivity contribution in [1.29, 1.82) is 0 Å². The molecule has 0 atom stereocenters. The molecule has 0 bridgehead atoms. The summed E-state index contributed by atoms with van der Waals surface area (Å²) in [5.74, 6) is -2.75. The molecular weight excluding hydrogens is 442 g/mol. The smallest absolute Gasteiger partial charge is 0.343 e. The Kier molecular flexibility index (Phi) is 12.3. The van der Waals surface area contributed by atoms with Gasteiger partial charge in [0.25, 0.3) is 5.91 Å². The summed E-state index contributed by atoms with van der Waals surface area (Å²) >= 11 is 0. The maximum Gasteiger partial charge on any atom is 0.343 e. The van der Waals surface area contributed by atoms with Gasteiger partial charge in [0.1, 0.15) is 0 Å². The lowest BCUT2D eigenvalue weighted by molar-refractivity contribution is -0.168. The number of carbonyl (C=O) groups is 4. The zero-order valence-electron chi connectivity index (χ0n) is 20.8. The third kappa shape index (κ3) is 8.44. The highest BCUT2D eigenvalue weighted by atomic mass is 16.6. The van der Waals surface area contributed by atoms with Crippen LogP contribution in [0, 0.1) is 0 Å². The summed E-state index contributed by atoms with van der Waals surface area (Å²) in [6, 6.07) is 8.29. The normalized spacial score (nSPS) is 11.4. The van der Waals surface area contributed by atoms with Crippen LogP contribution in [0.1, 0.15) is 70.7 Å². The molecule has 0 heterocycles. The van der Waals surface area contributed by atoms with Crippen molar-refractivity contribution in [2.24, 2.45) is 0 Å². The average Bonchev–Trinajstić information content (AvgIpc) is 2.81. The third-order valence-electron chi connectivity index (χ3n) is 5.04. The van der Waals surface area contributed by atoms with Gasteiger partial charge in [-0.25, -0.2) is 14.4 Å². The minimum absolute atomic E-state index is 0.00942. The SMILES string of the molecule is CCOC(=O)C(C)(C)OCCCCCC(NC(=O)c1ccccc1)(C(=O)OCC)C(=O)OCC. The van der Waals surface area contributed by atoms with E-state index in [1.54, 1.807) is 65.0 Å². The summed E-state index contributed by atoms with van der Waals surface area (Å²) in [5, 5.41) is 2.58. The molecule has 1 aromatic carbocycles. The predicted molar refractivity (Wildman–Crippen MR) is 125 cm³/mol. The molecule has 1 aromatic rings. The summed E-state index contributed by atoms with van der Waals surface area (Å²) in [5.41, 5.74) is -2.74. The Labute approximate surface area is 201 Å². The van der Waals surface area contributed by atoms with Gasteiger partial charge in [-0.1, -0.05) is 24.6 Å². The Balaban J connectivity index is 2.89. The first kappa shape index (κ1) is 29.1. The topological polar surface area (TPSA) is 117 Å². The van der Waals surface area contributed by atoms with Crippen LogP contribution in [0.5, 0.6) is 0 Å². The number of hydrogen-bond donors (Lipinski definition) is 1. The van der Waals surface area contributed by atoms with E-state index >= 15 is 0 Å². The average molecular weight is 480 g/mol. The summed E-state index contributed by atoms with van der Waals surface area (Å²) in [6.45, 7) is 8.87. The summed E-state index contributed by atoms with van der Waals surface area (Å²) in [4.78, 5) is 50.6. The minimum Gasteiger partial charge on any atom is -0.464 e. The highest BCUT2D eigenvalue weighted by Crippen LogP contribution is 2.22. The quantitative estimate of drug-likeness (QED) is 0.176. The molecule has 9 heteroatoms. The lowest BCUT2D eigenvalue weighted by atomic mass is 9.91. The number of carbonyl (C=O) groups excluding carboxylic acids is 4. The predicted octanol–water partition coefficient (Wildman–Crippen LogP) is 3.20. The molecule has 190 valence electrons. The zero-order valence-corrected chi connectivity index (χ0v) is 20.8. The summed E-state index contributed by atoms with van der Waals surface area (Å²) in [6.07, 6.45) is 1.53. The number of rotatable bonds is 15. The number of nitrogens with one attached hydrogen (secondary N) is 1. The molecule has 34 heavy (non-hydrogen) atoms. The second kappa shape index (κ2) is 14.3. The Morgan fingerprint density at radius 2 is 1.29 bits per heavy atom. The standard InChI is InChI=1S/C25H37NO8/c1-6-31-21(28)24(4,5)34-18-14-10-13-17-25(22(29)32-7-2,23(30)33-8-3)26-20(27)19-15-11-9-12-16-19/h9,11-12,15-16H,6-8,10,13-14,17-18H2,1-5H3,(H,26,27). The number of unbranched alkanes of at least 4 members (excludes halogenated alkanes) is 2. The van der Waals surface area contributed by atoms with Crippen LogP contribution in [0.15, 0.2) is 30.3 Å². The molecule has 0 saturated heterocycles. The number of ether oxygens (including phenoxy) is 4. The third-order valence-corrected chi connectivity index (χ3v) is 5.04. The fourth-order valence-electron chi connectivity index (χ4n) is 3.18. The van der Waals surface area contributed by atoms with Crippen molar-refractivity contribution < 1.29 is 38.1 Å². The van der Waals surface area contributed by atoms with E-state index in [0.29, 0.717) is 24.8 Å². The second-order valence-electron chi connectivity index (χ2n) is 8.06. The van der Waals surface area contributed by atoms with Crippen molar-refractivity contribution in [2.75, 3.05) is 26.4 Å². The fraction of sp³-hybridized carbons (Fsp3) is 0.600. The lowest BCUT2D eigenvalue weighted by Gasteiger charge is -2.30. The molecule has 0 radical (unpaired) electrons. The van der Waals surface area contributed by atoms with Gasteiger partial charge in [-0.2, -0.15) is 0 Å². The van der Waals surface area contributed by atoms with E-state index in [9.17, 15) is 19.2 Å². The van der Waals surface area contributed by atoms with E-state index in [-0.39, 0.29) is 32.8 Å². The van der Waals surface area contributed by atoms with Crippen molar-refractivity contribution >= 4 is 23.8 Å². The van der Waals surface area contributed by atoms with Crippen LogP contribution < -0.4 is 5.32 Å². The lowest BCUT2D eigenvalue weighted by Crippen LogP contribution is -2.61. The van der Waals surface area contributed by atoms with Gasteiger partial charge < -0.3 is 24.3 Å². The number of benzene rings is 1. The van der Waals surface area contributed by atoms with Gasteiger partial charge in [-0.3, -0.25) is 4.79 Å². The van der Waals surface area contributed by atoms with Crippen LogP contribution >= 0.6 is 0 Å². The van der Waals surface area contributed by atoms with Gasteiger partial charge in [0, 0.05) is 12.2 Å². The second-order valence-corrected chi connectivity index (χ2v) is 8.06. The van der Waals surface area contributed by atoms with Crippen molar-refractivity contribution in [1.82, 2.24) is 5.32 Å².